The smallest absolute Gasteiger partial charge is 0.362 e. The van der Waals surface area contributed by atoms with Gasteiger partial charge in [0.2, 0.25) is 0 Å². The second-order valence-electron chi connectivity index (χ2n) is 4.35. The molecule has 2 rings (SSSR count). The average molecular weight is 265 g/mol. The molecule has 1 aromatic carbocycles. The van der Waals surface area contributed by atoms with Crippen molar-refractivity contribution in [3.8, 4) is 0 Å². The number of alkyl halides is 1. The van der Waals surface area contributed by atoms with Crippen LogP contribution in [0.5, 0.6) is 0 Å². The Balaban J connectivity index is 2.24. The Kier molecular flexibility index (Phi) is 4.14. The summed E-state index contributed by atoms with van der Waals surface area (Å²) < 4.78 is 18.7. The first kappa shape index (κ1) is 13.5. The lowest BCUT2D eigenvalue weighted by Gasteiger charge is -2.23. The van der Waals surface area contributed by atoms with Gasteiger partial charge in [0.15, 0.2) is 0 Å². The van der Waals surface area contributed by atoms with Crippen LogP contribution in [0.4, 0.5) is 4.39 Å². The van der Waals surface area contributed by atoms with Crippen molar-refractivity contribution in [3.63, 3.8) is 0 Å². The molecule has 0 aromatic heterocycles. The van der Waals surface area contributed by atoms with Gasteiger partial charge in [-0.15, -0.1) is 0 Å². The van der Waals surface area contributed by atoms with Crippen molar-refractivity contribution in [2.45, 2.75) is 26.1 Å². The van der Waals surface area contributed by atoms with E-state index < -0.39 is 18.2 Å². The van der Waals surface area contributed by atoms with Gasteiger partial charge in [0.05, 0.1) is 6.61 Å². The van der Waals surface area contributed by atoms with Crippen molar-refractivity contribution < 1.29 is 18.7 Å². The monoisotopic (exact) mass is 265 g/mol. The Bertz CT molecular complexity index is 489. The lowest BCUT2D eigenvalue weighted by atomic mass is 10.0. The van der Waals surface area contributed by atoms with Crippen LogP contribution in [0, 0.1) is 0 Å². The minimum absolute atomic E-state index is 0.0951. The van der Waals surface area contributed by atoms with Crippen LogP contribution < -0.4 is 0 Å². The largest absolute Gasteiger partial charge is 0.462 e. The molecule has 1 heterocycles. The molecule has 0 N–H and O–H groups in total. The number of amides is 1. The molecule has 1 atom stereocenters. The van der Waals surface area contributed by atoms with Gasteiger partial charge >= 0.3 is 5.97 Å². The summed E-state index contributed by atoms with van der Waals surface area (Å²) in [4.78, 5) is 24.6. The summed E-state index contributed by atoms with van der Waals surface area (Å²) in [5, 5.41) is 0. The number of halogens is 1. The van der Waals surface area contributed by atoms with Crippen molar-refractivity contribution in [2.24, 2.45) is 0 Å². The van der Waals surface area contributed by atoms with Gasteiger partial charge in [-0.05, 0) is 31.4 Å². The summed E-state index contributed by atoms with van der Waals surface area (Å²) >= 11 is 0. The van der Waals surface area contributed by atoms with E-state index in [1.165, 1.54) is 0 Å². The normalized spacial score (nSPS) is 16.5. The molecule has 4 nitrogen and oxygen atoms in total. The van der Waals surface area contributed by atoms with E-state index in [1.807, 2.05) is 12.1 Å². The highest BCUT2D eigenvalue weighted by molar-refractivity contribution is 5.98. The number of carbonyl (C=O) groups excluding carboxylic acids is 2. The second-order valence-corrected chi connectivity index (χ2v) is 4.35. The molecule has 0 saturated heterocycles. The van der Waals surface area contributed by atoms with Crippen LogP contribution in [0.3, 0.4) is 0 Å². The van der Waals surface area contributed by atoms with Gasteiger partial charge in [0.1, 0.15) is 0 Å². The molecular formula is C14H16FNO3. The van der Waals surface area contributed by atoms with Gasteiger partial charge in [0.25, 0.3) is 12.2 Å². The lowest BCUT2D eigenvalue weighted by Crippen LogP contribution is -2.43. The van der Waals surface area contributed by atoms with Crippen LogP contribution in [-0.4, -0.2) is 36.2 Å². The summed E-state index contributed by atoms with van der Waals surface area (Å²) in [5.74, 6) is -1.45. The fourth-order valence-corrected chi connectivity index (χ4v) is 2.20. The molecule has 102 valence electrons. The van der Waals surface area contributed by atoms with Crippen molar-refractivity contribution >= 4 is 11.9 Å². The third-order valence-corrected chi connectivity index (χ3v) is 3.11. The van der Waals surface area contributed by atoms with Gasteiger partial charge in [0, 0.05) is 12.1 Å². The number of hydrogen-bond donors (Lipinski definition) is 0. The number of nitrogens with zero attached hydrogens (tertiary/aromatic N) is 1. The van der Waals surface area contributed by atoms with E-state index in [4.69, 9.17) is 0 Å². The lowest BCUT2D eigenvalue weighted by molar-refractivity contribution is -0.155. The average Bonchev–Trinajstić information content (AvgIpc) is 2.58. The third-order valence-electron chi connectivity index (χ3n) is 3.11. The van der Waals surface area contributed by atoms with Gasteiger partial charge in [-0.2, -0.15) is 0 Å². The van der Waals surface area contributed by atoms with Crippen LogP contribution in [0.15, 0.2) is 24.3 Å². The summed E-state index contributed by atoms with van der Waals surface area (Å²) in [6, 6.07) is 7.10. The molecule has 1 aromatic rings. The quantitative estimate of drug-likeness (QED) is 0.619. The molecule has 1 aliphatic heterocycles. The van der Waals surface area contributed by atoms with E-state index in [1.54, 1.807) is 19.1 Å². The Morgan fingerprint density at radius 2 is 2.21 bits per heavy atom. The molecule has 0 fully saturated rings. The number of rotatable bonds is 3. The minimum Gasteiger partial charge on any atom is -0.462 e. The zero-order valence-electron chi connectivity index (χ0n) is 10.8. The van der Waals surface area contributed by atoms with Gasteiger partial charge in [-0.25, -0.2) is 9.18 Å². The predicted octanol–water partition coefficient (Wildman–Crippen LogP) is 1.93. The number of hydrogen-bond acceptors (Lipinski definition) is 3. The second kappa shape index (κ2) is 5.82. The summed E-state index contributed by atoms with van der Waals surface area (Å²) in [7, 11) is 0. The summed E-state index contributed by atoms with van der Waals surface area (Å²) in [6.45, 7) is 1.91. The first-order chi connectivity index (χ1) is 9.15. The van der Waals surface area contributed by atoms with Crippen molar-refractivity contribution in [3.05, 3.63) is 35.4 Å². The molecule has 0 saturated carbocycles. The van der Waals surface area contributed by atoms with Gasteiger partial charge < -0.3 is 4.74 Å². The van der Waals surface area contributed by atoms with E-state index in [0.29, 0.717) is 18.4 Å². The maximum absolute atomic E-state index is 14.0. The SMILES string of the molecule is CCOC(=O)C(F)N1CCCc2ccccc2C1=O. The molecular weight excluding hydrogens is 249 g/mol. The predicted molar refractivity (Wildman–Crippen MR) is 67.3 cm³/mol. The maximum Gasteiger partial charge on any atom is 0.362 e. The fourth-order valence-electron chi connectivity index (χ4n) is 2.20. The Labute approximate surface area is 111 Å². The highest BCUT2D eigenvalue weighted by Crippen LogP contribution is 2.21. The van der Waals surface area contributed by atoms with Gasteiger partial charge in [-0.1, -0.05) is 18.2 Å². The molecule has 0 bridgehead atoms. The van der Waals surface area contributed by atoms with E-state index in [9.17, 15) is 14.0 Å². The fraction of sp³-hybridized carbons (Fsp3) is 0.429. The van der Waals surface area contributed by atoms with E-state index >= 15 is 0 Å². The Hall–Kier alpha value is -1.91. The third kappa shape index (κ3) is 2.75. The van der Waals surface area contributed by atoms with Gasteiger partial charge in [-0.3, -0.25) is 9.69 Å². The molecule has 0 aliphatic carbocycles. The van der Waals surface area contributed by atoms with Crippen LogP contribution in [0.25, 0.3) is 0 Å². The molecule has 5 heteroatoms. The molecule has 0 spiro atoms. The first-order valence-electron chi connectivity index (χ1n) is 6.34. The minimum atomic E-state index is -2.03. The number of benzene rings is 1. The number of carbonyl (C=O) groups is 2. The zero-order valence-corrected chi connectivity index (χ0v) is 10.8. The number of ether oxygens (including phenoxy) is 1. The summed E-state index contributed by atoms with van der Waals surface area (Å²) in [6.07, 6.45) is -0.699. The van der Waals surface area contributed by atoms with Crippen LogP contribution in [-0.2, 0) is 16.0 Å². The molecule has 19 heavy (non-hydrogen) atoms. The Morgan fingerprint density at radius 3 is 2.95 bits per heavy atom. The highest BCUT2D eigenvalue weighted by atomic mass is 19.1. The van der Waals surface area contributed by atoms with Crippen LogP contribution >= 0.6 is 0 Å². The Morgan fingerprint density at radius 1 is 1.47 bits per heavy atom. The van der Waals surface area contributed by atoms with E-state index in [0.717, 1.165) is 10.5 Å². The number of aryl methyl sites for hydroxylation is 1. The maximum atomic E-state index is 14.0. The molecule has 1 unspecified atom stereocenters. The topological polar surface area (TPSA) is 46.6 Å². The van der Waals surface area contributed by atoms with Crippen molar-refractivity contribution in [1.29, 1.82) is 0 Å². The van der Waals surface area contributed by atoms with Crippen LogP contribution in [0.2, 0.25) is 0 Å². The van der Waals surface area contributed by atoms with E-state index in [2.05, 4.69) is 4.74 Å². The zero-order chi connectivity index (χ0) is 13.8. The molecule has 0 radical (unpaired) electrons. The summed E-state index contributed by atoms with van der Waals surface area (Å²) in [5.41, 5.74) is 1.36. The number of fused-ring (bicyclic) bond motifs is 1. The molecule has 1 amide bonds. The number of esters is 1. The highest BCUT2D eigenvalue weighted by Gasteiger charge is 2.33. The standard InChI is InChI=1S/C14H16FNO3/c1-2-19-14(18)12(15)16-9-5-7-10-6-3-4-8-11(10)13(16)17/h3-4,6,8,12H,2,5,7,9H2,1H3. The van der Waals surface area contributed by atoms with Crippen molar-refractivity contribution in [2.75, 3.05) is 13.2 Å². The molecule has 1 aliphatic rings. The van der Waals surface area contributed by atoms with E-state index in [-0.39, 0.29) is 13.2 Å². The van der Waals surface area contributed by atoms with Crippen LogP contribution in [0.1, 0.15) is 29.3 Å². The first-order valence-corrected chi connectivity index (χ1v) is 6.34. The van der Waals surface area contributed by atoms with Crippen molar-refractivity contribution in [1.82, 2.24) is 4.90 Å².